The van der Waals surface area contributed by atoms with Crippen molar-refractivity contribution in [3.63, 3.8) is 0 Å². The molecular weight excluding hydrogens is 246 g/mol. The van der Waals surface area contributed by atoms with Gasteiger partial charge in [0.05, 0.1) is 16.5 Å². The predicted molar refractivity (Wildman–Crippen MR) is 58.8 cm³/mol. The highest BCUT2D eigenvalue weighted by Gasteiger charge is 2.25. The number of rotatable bonds is 5. The standard InChI is InChI=1S/C9H9N3O6/c1-2-18-10-9(13)6-3-4-7(11(14)15)8(5-6)12(16)17/h3-5H,2H2,1H3,(H,10,13). The van der Waals surface area contributed by atoms with Crippen molar-refractivity contribution in [1.82, 2.24) is 5.48 Å². The predicted octanol–water partition coefficient (Wildman–Crippen LogP) is 1.18. The van der Waals surface area contributed by atoms with Crippen molar-refractivity contribution in [1.29, 1.82) is 0 Å². The SMILES string of the molecule is CCONC(=O)c1ccc([N+](=O)[O-])c([N+](=O)[O-])c1. The highest BCUT2D eigenvalue weighted by molar-refractivity contribution is 5.94. The van der Waals surface area contributed by atoms with Crippen molar-refractivity contribution in [3.05, 3.63) is 44.0 Å². The molecule has 0 spiro atoms. The summed E-state index contributed by atoms with van der Waals surface area (Å²) in [5.74, 6) is -0.713. The number of hydrogen-bond donors (Lipinski definition) is 1. The molecule has 0 aliphatic carbocycles. The van der Waals surface area contributed by atoms with Gasteiger partial charge in [-0.15, -0.1) is 0 Å². The molecule has 9 nitrogen and oxygen atoms in total. The van der Waals surface area contributed by atoms with Gasteiger partial charge in [-0.3, -0.25) is 29.9 Å². The Kier molecular flexibility index (Phi) is 4.27. The molecule has 9 heteroatoms. The van der Waals surface area contributed by atoms with E-state index in [1.54, 1.807) is 6.92 Å². The second-order valence-electron chi connectivity index (χ2n) is 3.08. The molecule has 1 aromatic carbocycles. The van der Waals surface area contributed by atoms with Gasteiger partial charge in [-0.25, -0.2) is 5.48 Å². The molecular formula is C9H9N3O6. The van der Waals surface area contributed by atoms with Crippen molar-refractivity contribution in [2.45, 2.75) is 6.92 Å². The Labute approximate surface area is 101 Å². The van der Waals surface area contributed by atoms with Crippen molar-refractivity contribution >= 4 is 17.3 Å². The van der Waals surface area contributed by atoms with Crippen LogP contribution in [-0.4, -0.2) is 22.4 Å². The second-order valence-corrected chi connectivity index (χ2v) is 3.08. The number of nitro groups is 2. The van der Waals surface area contributed by atoms with Crippen LogP contribution < -0.4 is 5.48 Å². The minimum atomic E-state index is -0.921. The Bertz CT molecular complexity index is 501. The lowest BCUT2D eigenvalue weighted by molar-refractivity contribution is -0.422. The minimum Gasteiger partial charge on any atom is -0.274 e. The van der Waals surface area contributed by atoms with Crippen molar-refractivity contribution in [2.24, 2.45) is 0 Å². The molecule has 0 radical (unpaired) electrons. The number of carbonyl (C=O) groups excluding carboxylic acids is 1. The Morgan fingerprint density at radius 2 is 1.89 bits per heavy atom. The monoisotopic (exact) mass is 255 g/mol. The topological polar surface area (TPSA) is 125 Å². The first kappa shape index (κ1) is 13.5. The number of amides is 1. The number of nitrogens with zero attached hydrogens (tertiary/aromatic N) is 2. The number of hydroxylamine groups is 1. The molecule has 1 rings (SSSR count). The maximum Gasteiger partial charge on any atom is 0.346 e. The van der Waals surface area contributed by atoms with Gasteiger partial charge in [-0.2, -0.15) is 0 Å². The number of hydrogen-bond acceptors (Lipinski definition) is 6. The summed E-state index contributed by atoms with van der Waals surface area (Å²) in [4.78, 5) is 35.5. The fourth-order valence-electron chi connectivity index (χ4n) is 1.16. The number of nitrogens with one attached hydrogen (secondary N) is 1. The second kappa shape index (κ2) is 5.68. The van der Waals surface area contributed by atoms with Gasteiger partial charge in [-0.1, -0.05) is 0 Å². The van der Waals surface area contributed by atoms with E-state index < -0.39 is 27.1 Å². The fraction of sp³-hybridized carbons (Fsp3) is 0.222. The zero-order valence-electron chi connectivity index (χ0n) is 9.28. The lowest BCUT2D eigenvalue weighted by Crippen LogP contribution is -2.23. The van der Waals surface area contributed by atoms with E-state index in [0.717, 1.165) is 18.2 Å². The summed E-state index contributed by atoms with van der Waals surface area (Å²) in [6.07, 6.45) is 0. The molecule has 0 atom stereocenters. The molecule has 96 valence electrons. The number of carbonyl (C=O) groups is 1. The maximum absolute atomic E-state index is 11.4. The summed E-state index contributed by atoms with van der Waals surface area (Å²) in [7, 11) is 0. The third-order valence-corrected chi connectivity index (χ3v) is 1.94. The Balaban J connectivity index is 3.11. The summed E-state index contributed by atoms with van der Waals surface area (Å²) >= 11 is 0. The zero-order chi connectivity index (χ0) is 13.7. The van der Waals surface area contributed by atoms with Crippen LogP contribution in [0.1, 0.15) is 17.3 Å². The van der Waals surface area contributed by atoms with E-state index in [0.29, 0.717) is 0 Å². The number of benzene rings is 1. The lowest BCUT2D eigenvalue weighted by atomic mass is 10.1. The van der Waals surface area contributed by atoms with E-state index in [4.69, 9.17) is 0 Å². The average molecular weight is 255 g/mol. The van der Waals surface area contributed by atoms with Crippen LogP contribution in [0, 0.1) is 20.2 Å². The molecule has 0 aliphatic rings. The van der Waals surface area contributed by atoms with Gasteiger partial charge in [-0.05, 0) is 13.0 Å². The van der Waals surface area contributed by atoms with E-state index >= 15 is 0 Å². The summed E-state index contributed by atoms with van der Waals surface area (Å²) in [5, 5.41) is 21.2. The number of nitro benzene ring substituents is 2. The lowest BCUT2D eigenvalue weighted by Gasteiger charge is -2.03. The summed E-state index contributed by atoms with van der Waals surface area (Å²) in [5.41, 5.74) is 0.516. The Hall–Kier alpha value is -2.55. The quantitative estimate of drug-likeness (QED) is 0.622. The fourth-order valence-corrected chi connectivity index (χ4v) is 1.16. The van der Waals surface area contributed by atoms with Crippen LogP contribution in [0.4, 0.5) is 11.4 Å². The van der Waals surface area contributed by atoms with Gasteiger partial charge >= 0.3 is 11.4 Å². The van der Waals surface area contributed by atoms with E-state index in [-0.39, 0.29) is 12.2 Å². The minimum absolute atomic E-state index is 0.0965. The van der Waals surface area contributed by atoms with Gasteiger partial charge < -0.3 is 0 Å². The van der Waals surface area contributed by atoms with Crippen LogP contribution in [0.5, 0.6) is 0 Å². The highest BCUT2D eigenvalue weighted by Crippen LogP contribution is 2.27. The molecule has 0 heterocycles. The van der Waals surface area contributed by atoms with Crippen molar-refractivity contribution in [3.8, 4) is 0 Å². The molecule has 0 saturated heterocycles. The molecule has 1 N–H and O–H groups in total. The van der Waals surface area contributed by atoms with Gasteiger partial charge in [0.25, 0.3) is 5.91 Å². The van der Waals surface area contributed by atoms with Crippen LogP contribution in [0.15, 0.2) is 18.2 Å². The molecule has 0 fully saturated rings. The summed E-state index contributed by atoms with van der Waals surface area (Å²) in [6.45, 7) is 1.86. The normalized spacial score (nSPS) is 9.83. The maximum atomic E-state index is 11.4. The Morgan fingerprint density at radius 3 is 2.39 bits per heavy atom. The zero-order valence-corrected chi connectivity index (χ0v) is 9.28. The van der Waals surface area contributed by atoms with Crippen LogP contribution in [0.25, 0.3) is 0 Å². The molecule has 0 bridgehead atoms. The van der Waals surface area contributed by atoms with E-state index in [9.17, 15) is 25.0 Å². The molecule has 0 saturated carbocycles. The van der Waals surface area contributed by atoms with Gasteiger partial charge in [0.2, 0.25) is 0 Å². The highest BCUT2D eigenvalue weighted by atomic mass is 16.7. The smallest absolute Gasteiger partial charge is 0.274 e. The molecule has 0 aliphatic heterocycles. The van der Waals surface area contributed by atoms with Crippen LogP contribution in [0.2, 0.25) is 0 Å². The molecule has 0 unspecified atom stereocenters. The first-order chi connectivity index (χ1) is 8.47. The molecule has 18 heavy (non-hydrogen) atoms. The van der Waals surface area contributed by atoms with Crippen LogP contribution in [0.3, 0.4) is 0 Å². The van der Waals surface area contributed by atoms with Gasteiger partial charge in [0.15, 0.2) is 0 Å². The van der Waals surface area contributed by atoms with Crippen molar-refractivity contribution < 1.29 is 19.5 Å². The summed E-state index contributed by atoms with van der Waals surface area (Å²) < 4.78 is 0. The van der Waals surface area contributed by atoms with E-state index in [1.165, 1.54) is 0 Å². The molecule has 1 amide bonds. The summed E-state index contributed by atoms with van der Waals surface area (Å²) in [6, 6.07) is 2.84. The third kappa shape index (κ3) is 2.98. The largest absolute Gasteiger partial charge is 0.346 e. The van der Waals surface area contributed by atoms with Gasteiger partial charge in [0.1, 0.15) is 0 Å². The van der Waals surface area contributed by atoms with Crippen molar-refractivity contribution in [2.75, 3.05) is 6.61 Å². The first-order valence-electron chi connectivity index (χ1n) is 4.82. The third-order valence-electron chi connectivity index (χ3n) is 1.94. The molecule has 0 aromatic heterocycles. The first-order valence-corrected chi connectivity index (χ1v) is 4.82. The van der Waals surface area contributed by atoms with E-state index in [2.05, 4.69) is 4.84 Å². The van der Waals surface area contributed by atoms with E-state index in [1.807, 2.05) is 5.48 Å². The average Bonchev–Trinajstić information content (AvgIpc) is 2.34. The van der Waals surface area contributed by atoms with Gasteiger partial charge in [0, 0.05) is 17.7 Å². The van der Waals surface area contributed by atoms with Crippen LogP contribution >= 0.6 is 0 Å². The Morgan fingerprint density at radius 1 is 1.28 bits per heavy atom. The molecule has 1 aromatic rings. The van der Waals surface area contributed by atoms with Crippen LogP contribution in [-0.2, 0) is 4.84 Å².